The van der Waals surface area contributed by atoms with Crippen LogP contribution in [0.2, 0.25) is 10.0 Å². The summed E-state index contributed by atoms with van der Waals surface area (Å²) in [5.41, 5.74) is 1.93. The lowest BCUT2D eigenvalue weighted by atomic mass is 9.98. The Morgan fingerprint density at radius 2 is 2.04 bits per heavy atom. The maximum Gasteiger partial charge on any atom is 0.338 e. The third kappa shape index (κ3) is 4.35. The average Bonchev–Trinajstić information content (AvgIpc) is 3.11. The molecule has 0 radical (unpaired) electrons. The van der Waals surface area contributed by atoms with E-state index in [-0.39, 0.29) is 6.61 Å². The lowest BCUT2D eigenvalue weighted by molar-refractivity contribution is -0.139. The molecule has 0 saturated carbocycles. The van der Waals surface area contributed by atoms with Crippen molar-refractivity contribution in [1.82, 2.24) is 10.6 Å². The van der Waals surface area contributed by atoms with E-state index < -0.39 is 12.0 Å². The zero-order chi connectivity index (χ0) is 20.3. The van der Waals surface area contributed by atoms with Gasteiger partial charge in [-0.3, -0.25) is 0 Å². The third-order valence-corrected chi connectivity index (χ3v) is 5.02. The van der Waals surface area contributed by atoms with E-state index in [1.807, 2.05) is 6.92 Å². The molecule has 1 atom stereocenters. The number of nitrogens with one attached hydrogen (secondary N) is 2. The maximum absolute atomic E-state index is 12.7. The van der Waals surface area contributed by atoms with Gasteiger partial charge in [-0.05, 0) is 55.9 Å². The van der Waals surface area contributed by atoms with E-state index in [4.69, 9.17) is 44.6 Å². The first-order chi connectivity index (χ1) is 13.4. The molecule has 2 heterocycles. The number of benzene rings is 1. The molecule has 1 aromatic carbocycles. The molecule has 1 aliphatic rings. The molecule has 0 saturated heterocycles. The standard InChI is InChI=1S/C20H20Cl2N2O3S/c1-3-5-14-17(19(25)26-4-2)18(24-20(28)23-14)16-9-8-15(27-16)12-7-6-11(21)10-13(12)22/h6-10,18H,3-5H2,1-2H3,(H2,23,24,28)/t18-/m1/s1. The van der Waals surface area contributed by atoms with Crippen LogP contribution in [-0.2, 0) is 9.53 Å². The van der Waals surface area contributed by atoms with Crippen molar-refractivity contribution < 1.29 is 13.9 Å². The Kier molecular flexibility index (Phi) is 6.65. The average molecular weight is 439 g/mol. The number of hydrogen-bond acceptors (Lipinski definition) is 4. The molecule has 148 valence electrons. The van der Waals surface area contributed by atoms with Gasteiger partial charge in [0.05, 0.1) is 17.2 Å². The van der Waals surface area contributed by atoms with Crippen LogP contribution in [0, 0.1) is 0 Å². The minimum absolute atomic E-state index is 0.280. The van der Waals surface area contributed by atoms with Gasteiger partial charge in [-0.2, -0.15) is 0 Å². The fourth-order valence-corrected chi connectivity index (χ4v) is 3.81. The van der Waals surface area contributed by atoms with E-state index in [0.717, 1.165) is 12.1 Å². The summed E-state index contributed by atoms with van der Waals surface area (Å²) in [4.78, 5) is 12.7. The fourth-order valence-electron chi connectivity index (χ4n) is 3.07. The van der Waals surface area contributed by atoms with Gasteiger partial charge in [-0.1, -0.05) is 36.5 Å². The van der Waals surface area contributed by atoms with E-state index in [0.29, 0.717) is 44.2 Å². The molecule has 1 aliphatic heterocycles. The van der Waals surface area contributed by atoms with Gasteiger partial charge in [0.25, 0.3) is 0 Å². The Morgan fingerprint density at radius 1 is 1.25 bits per heavy atom. The maximum atomic E-state index is 12.7. The third-order valence-electron chi connectivity index (χ3n) is 4.26. The number of thiocarbonyl (C=S) groups is 1. The first-order valence-electron chi connectivity index (χ1n) is 8.97. The number of carbonyl (C=O) groups excluding carboxylic acids is 1. The second kappa shape index (κ2) is 8.99. The molecule has 0 spiro atoms. The molecule has 2 aromatic rings. The first-order valence-corrected chi connectivity index (χ1v) is 10.1. The lowest BCUT2D eigenvalue weighted by Crippen LogP contribution is -2.45. The smallest absolute Gasteiger partial charge is 0.338 e. The van der Waals surface area contributed by atoms with Crippen molar-refractivity contribution in [3.8, 4) is 11.3 Å². The van der Waals surface area contributed by atoms with Gasteiger partial charge in [0, 0.05) is 16.3 Å². The van der Waals surface area contributed by atoms with Crippen LogP contribution in [0.5, 0.6) is 0 Å². The highest BCUT2D eigenvalue weighted by Gasteiger charge is 2.34. The zero-order valence-electron chi connectivity index (χ0n) is 15.5. The second-order valence-corrected chi connectivity index (χ2v) is 7.47. The normalized spacial score (nSPS) is 16.6. The molecule has 0 bridgehead atoms. The monoisotopic (exact) mass is 438 g/mol. The second-order valence-electron chi connectivity index (χ2n) is 6.22. The van der Waals surface area contributed by atoms with Crippen LogP contribution in [0.1, 0.15) is 38.5 Å². The van der Waals surface area contributed by atoms with Gasteiger partial charge in [-0.15, -0.1) is 0 Å². The van der Waals surface area contributed by atoms with Crippen LogP contribution in [0.4, 0.5) is 0 Å². The van der Waals surface area contributed by atoms with E-state index in [9.17, 15) is 4.79 Å². The number of hydrogen-bond donors (Lipinski definition) is 2. The van der Waals surface area contributed by atoms with Crippen molar-refractivity contribution in [3.05, 3.63) is 57.4 Å². The van der Waals surface area contributed by atoms with Crippen molar-refractivity contribution in [2.75, 3.05) is 6.61 Å². The van der Waals surface area contributed by atoms with Crippen molar-refractivity contribution in [3.63, 3.8) is 0 Å². The molecule has 0 unspecified atom stereocenters. The summed E-state index contributed by atoms with van der Waals surface area (Å²) in [6.07, 6.45) is 1.52. The van der Waals surface area contributed by atoms with Crippen molar-refractivity contribution in [1.29, 1.82) is 0 Å². The highest BCUT2D eigenvalue weighted by atomic mass is 35.5. The minimum atomic E-state index is -0.547. The molecule has 0 aliphatic carbocycles. The summed E-state index contributed by atoms with van der Waals surface area (Å²) in [5, 5.41) is 7.65. The van der Waals surface area contributed by atoms with Crippen LogP contribution >= 0.6 is 35.4 Å². The highest BCUT2D eigenvalue weighted by molar-refractivity contribution is 7.80. The Labute approximate surface area is 179 Å². The molecular formula is C20H20Cl2N2O3S. The predicted octanol–water partition coefficient (Wildman–Crippen LogP) is 5.39. The van der Waals surface area contributed by atoms with Crippen LogP contribution in [0.3, 0.4) is 0 Å². The van der Waals surface area contributed by atoms with E-state index in [1.54, 1.807) is 37.3 Å². The number of ether oxygens (including phenoxy) is 1. The molecule has 0 amide bonds. The summed E-state index contributed by atoms with van der Waals surface area (Å²) in [5.74, 6) is 0.714. The number of esters is 1. The van der Waals surface area contributed by atoms with E-state index >= 15 is 0 Å². The minimum Gasteiger partial charge on any atom is -0.463 e. The largest absolute Gasteiger partial charge is 0.463 e. The fraction of sp³-hybridized carbons (Fsp3) is 0.300. The van der Waals surface area contributed by atoms with Crippen molar-refractivity contribution in [2.24, 2.45) is 0 Å². The number of rotatable bonds is 6. The number of halogens is 2. The van der Waals surface area contributed by atoms with Crippen LogP contribution in [0.25, 0.3) is 11.3 Å². The zero-order valence-corrected chi connectivity index (χ0v) is 17.8. The van der Waals surface area contributed by atoms with Gasteiger partial charge in [-0.25, -0.2) is 4.79 Å². The number of carbonyl (C=O) groups is 1. The van der Waals surface area contributed by atoms with Gasteiger partial charge >= 0.3 is 5.97 Å². The Bertz CT molecular complexity index is 939. The van der Waals surface area contributed by atoms with Gasteiger partial charge < -0.3 is 19.8 Å². The first kappa shape index (κ1) is 20.7. The summed E-state index contributed by atoms with van der Waals surface area (Å²) in [6, 6.07) is 8.25. The molecule has 2 N–H and O–H groups in total. The Balaban J connectivity index is 2.02. The highest BCUT2D eigenvalue weighted by Crippen LogP contribution is 2.36. The summed E-state index contributed by atoms with van der Waals surface area (Å²) in [6.45, 7) is 4.09. The molecule has 5 nitrogen and oxygen atoms in total. The molecule has 0 fully saturated rings. The van der Waals surface area contributed by atoms with Gasteiger partial charge in [0.15, 0.2) is 5.11 Å². The summed E-state index contributed by atoms with van der Waals surface area (Å²) < 4.78 is 11.3. The summed E-state index contributed by atoms with van der Waals surface area (Å²) >= 11 is 17.6. The van der Waals surface area contributed by atoms with Crippen molar-refractivity contribution >= 4 is 46.5 Å². The summed E-state index contributed by atoms with van der Waals surface area (Å²) in [7, 11) is 0. The van der Waals surface area contributed by atoms with Gasteiger partial charge in [0.1, 0.15) is 17.6 Å². The van der Waals surface area contributed by atoms with E-state index in [2.05, 4.69) is 10.6 Å². The van der Waals surface area contributed by atoms with Crippen molar-refractivity contribution in [2.45, 2.75) is 32.7 Å². The van der Waals surface area contributed by atoms with Crippen LogP contribution in [-0.4, -0.2) is 17.7 Å². The SMILES string of the molecule is CCCC1=C(C(=O)OCC)[C@@H](c2ccc(-c3ccc(Cl)cc3Cl)o2)NC(=S)N1. The quantitative estimate of drug-likeness (QED) is 0.465. The molecule has 8 heteroatoms. The molecule has 1 aromatic heterocycles. The number of allylic oxidation sites excluding steroid dienone is 1. The molecular weight excluding hydrogens is 419 g/mol. The van der Waals surface area contributed by atoms with Gasteiger partial charge in [0.2, 0.25) is 0 Å². The Hall–Kier alpha value is -2.02. The Morgan fingerprint density at radius 3 is 2.71 bits per heavy atom. The number of furan rings is 1. The topological polar surface area (TPSA) is 63.5 Å². The van der Waals surface area contributed by atoms with E-state index in [1.165, 1.54) is 0 Å². The van der Waals surface area contributed by atoms with Crippen LogP contribution < -0.4 is 10.6 Å². The van der Waals surface area contributed by atoms with Crippen LogP contribution in [0.15, 0.2) is 46.0 Å². The lowest BCUT2D eigenvalue weighted by Gasteiger charge is -2.29. The molecule has 3 rings (SSSR count). The predicted molar refractivity (Wildman–Crippen MR) is 114 cm³/mol. The molecule has 28 heavy (non-hydrogen) atoms.